The number of nitrogens with two attached hydrogens (primary N) is 1. The van der Waals surface area contributed by atoms with Crippen molar-refractivity contribution in [3.8, 4) is 0 Å². The first-order valence-corrected chi connectivity index (χ1v) is 8.04. The SMILES string of the molecule is CC1(C)CCCN(c2ccc(CCN)c(Br)c2)CC1. The van der Waals surface area contributed by atoms with Gasteiger partial charge in [-0.25, -0.2) is 0 Å². The topological polar surface area (TPSA) is 29.3 Å². The van der Waals surface area contributed by atoms with Gasteiger partial charge in [0, 0.05) is 23.2 Å². The maximum Gasteiger partial charge on any atom is 0.0377 e. The van der Waals surface area contributed by atoms with E-state index in [0.717, 1.165) is 13.0 Å². The molecule has 2 nitrogen and oxygen atoms in total. The summed E-state index contributed by atoms with van der Waals surface area (Å²) in [4.78, 5) is 2.52. The van der Waals surface area contributed by atoms with Crippen molar-refractivity contribution in [3.05, 3.63) is 28.2 Å². The zero-order valence-corrected chi connectivity index (χ0v) is 13.7. The lowest BCUT2D eigenvalue weighted by atomic mass is 9.85. The average molecular weight is 325 g/mol. The first-order valence-electron chi connectivity index (χ1n) is 7.25. The van der Waals surface area contributed by atoms with E-state index < -0.39 is 0 Å². The van der Waals surface area contributed by atoms with Gasteiger partial charge in [-0.1, -0.05) is 35.8 Å². The van der Waals surface area contributed by atoms with E-state index in [2.05, 4.69) is 52.9 Å². The number of hydrogen-bond acceptors (Lipinski definition) is 2. The Kier molecular flexibility index (Phi) is 4.91. The Labute approximate surface area is 125 Å². The van der Waals surface area contributed by atoms with Crippen molar-refractivity contribution in [3.63, 3.8) is 0 Å². The van der Waals surface area contributed by atoms with E-state index in [1.165, 1.54) is 41.5 Å². The minimum Gasteiger partial charge on any atom is -0.371 e. The van der Waals surface area contributed by atoms with E-state index in [1.807, 2.05) is 0 Å². The normalized spacial score (nSPS) is 19.3. The Morgan fingerprint density at radius 1 is 1.26 bits per heavy atom. The van der Waals surface area contributed by atoms with Crippen LogP contribution in [0.4, 0.5) is 5.69 Å². The van der Waals surface area contributed by atoms with Crippen molar-refractivity contribution in [2.45, 2.75) is 39.5 Å². The molecule has 1 aromatic rings. The second kappa shape index (κ2) is 6.27. The summed E-state index contributed by atoms with van der Waals surface area (Å²) >= 11 is 3.67. The van der Waals surface area contributed by atoms with Crippen molar-refractivity contribution in [1.82, 2.24) is 0 Å². The zero-order chi connectivity index (χ0) is 13.9. The van der Waals surface area contributed by atoms with E-state index in [-0.39, 0.29) is 0 Å². The first kappa shape index (κ1) is 14.9. The molecule has 0 amide bonds. The first-order chi connectivity index (χ1) is 9.02. The summed E-state index contributed by atoms with van der Waals surface area (Å²) in [7, 11) is 0. The summed E-state index contributed by atoms with van der Waals surface area (Å²) in [6.07, 6.45) is 4.83. The van der Waals surface area contributed by atoms with E-state index in [0.29, 0.717) is 12.0 Å². The average Bonchev–Trinajstić information content (AvgIpc) is 2.53. The fourth-order valence-electron chi connectivity index (χ4n) is 2.77. The third-order valence-corrected chi connectivity index (χ3v) is 4.89. The Balaban J connectivity index is 2.11. The molecule has 0 radical (unpaired) electrons. The van der Waals surface area contributed by atoms with Gasteiger partial charge in [0.1, 0.15) is 0 Å². The molecule has 3 heteroatoms. The molecule has 1 saturated heterocycles. The Bertz CT molecular complexity index is 429. The Morgan fingerprint density at radius 2 is 2.05 bits per heavy atom. The molecule has 0 saturated carbocycles. The molecule has 2 N–H and O–H groups in total. The molecule has 1 aromatic carbocycles. The number of anilines is 1. The van der Waals surface area contributed by atoms with Gasteiger partial charge in [-0.15, -0.1) is 0 Å². The Morgan fingerprint density at radius 3 is 2.74 bits per heavy atom. The summed E-state index contributed by atoms with van der Waals surface area (Å²) in [5.41, 5.74) is 8.77. The van der Waals surface area contributed by atoms with Crippen LogP contribution in [0.25, 0.3) is 0 Å². The minimum atomic E-state index is 0.492. The Hall–Kier alpha value is -0.540. The molecule has 0 atom stereocenters. The lowest BCUT2D eigenvalue weighted by Crippen LogP contribution is -2.25. The van der Waals surface area contributed by atoms with Gasteiger partial charge in [0.05, 0.1) is 0 Å². The van der Waals surface area contributed by atoms with Crippen molar-refractivity contribution >= 4 is 21.6 Å². The number of halogens is 1. The van der Waals surface area contributed by atoms with Gasteiger partial charge >= 0.3 is 0 Å². The van der Waals surface area contributed by atoms with Crippen LogP contribution >= 0.6 is 15.9 Å². The summed E-state index contributed by atoms with van der Waals surface area (Å²) in [6.45, 7) is 7.81. The molecule has 0 aliphatic carbocycles. The molecule has 2 rings (SSSR count). The second-order valence-corrected chi connectivity index (χ2v) is 7.17. The molecule has 0 aromatic heterocycles. The number of benzene rings is 1. The van der Waals surface area contributed by atoms with Crippen molar-refractivity contribution in [1.29, 1.82) is 0 Å². The number of hydrogen-bond donors (Lipinski definition) is 1. The lowest BCUT2D eigenvalue weighted by Gasteiger charge is -2.25. The molecule has 0 spiro atoms. The third kappa shape index (κ3) is 3.96. The van der Waals surface area contributed by atoms with Gasteiger partial charge in [0.15, 0.2) is 0 Å². The van der Waals surface area contributed by atoms with Crippen LogP contribution in [0.5, 0.6) is 0 Å². The smallest absolute Gasteiger partial charge is 0.0377 e. The predicted octanol–water partition coefficient (Wildman–Crippen LogP) is 3.97. The van der Waals surface area contributed by atoms with Crippen LogP contribution in [-0.2, 0) is 6.42 Å². The quantitative estimate of drug-likeness (QED) is 0.911. The maximum atomic E-state index is 5.63. The fraction of sp³-hybridized carbons (Fsp3) is 0.625. The largest absolute Gasteiger partial charge is 0.371 e. The van der Waals surface area contributed by atoms with Crippen LogP contribution < -0.4 is 10.6 Å². The summed E-state index contributed by atoms with van der Waals surface area (Å²) in [6, 6.07) is 6.71. The molecule has 0 bridgehead atoms. The highest BCUT2D eigenvalue weighted by molar-refractivity contribution is 9.10. The van der Waals surface area contributed by atoms with Crippen molar-refractivity contribution in [2.24, 2.45) is 11.1 Å². The highest BCUT2D eigenvalue weighted by Gasteiger charge is 2.23. The van der Waals surface area contributed by atoms with Crippen LogP contribution in [0.1, 0.15) is 38.7 Å². The van der Waals surface area contributed by atoms with Gasteiger partial charge in [0.2, 0.25) is 0 Å². The minimum absolute atomic E-state index is 0.492. The molecule has 1 heterocycles. The fourth-order valence-corrected chi connectivity index (χ4v) is 3.34. The van der Waals surface area contributed by atoms with Crippen LogP contribution in [0.2, 0.25) is 0 Å². The van der Waals surface area contributed by atoms with Crippen molar-refractivity contribution in [2.75, 3.05) is 24.5 Å². The van der Waals surface area contributed by atoms with E-state index in [4.69, 9.17) is 5.73 Å². The molecule has 0 unspecified atom stereocenters. The van der Waals surface area contributed by atoms with Gasteiger partial charge < -0.3 is 10.6 Å². The monoisotopic (exact) mass is 324 g/mol. The van der Waals surface area contributed by atoms with Gasteiger partial charge in [-0.3, -0.25) is 0 Å². The molecular formula is C16H25BrN2. The summed E-state index contributed by atoms with van der Waals surface area (Å²) in [5.74, 6) is 0. The number of nitrogens with zero attached hydrogens (tertiary/aromatic N) is 1. The van der Waals surface area contributed by atoms with Gasteiger partial charge in [-0.05, 0) is 55.3 Å². The highest BCUT2D eigenvalue weighted by Crippen LogP contribution is 2.32. The predicted molar refractivity (Wildman–Crippen MR) is 86.7 cm³/mol. The summed E-state index contributed by atoms with van der Waals surface area (Å²) < 4.78 is 1.19. The molecule has 1 aliphatic heterocycles. The van der Waals surface area contributed by atoms with Crippen LogP contribution in [0.15, 0.2) is 22.7 Å². The van der Waals surface area contributed by atoms with Crippen LogP contribution in [-0.4, -0.2) is 19.6 Å². The molecule has 1 aliphatic rings. The van der Waals surface area contributed by atoms with Gasteiger partial charge in [0.25, 0.3) is 0 Å². The number of rotatable bonds is 3. The van der Waals surface area contributed by atoms with Gasteiger partial charge in [-0.2, -0.15) is 0 Å². The molecule has 1 fully saturated rings. The van der Waals surface area contributed by atoms with Crippen molar-refractivity contribution < 1.29 is 0 Å². The zero-order valence-electron chi connectivity index (χ0n) is 12.1. The highest BCUT2D eigenvalue weighted by atomic mass is 79.9. The van der Waals surface area contributed by atoms with Crippen LogP contribution in [0, 0.1) is 5.41 Å². The maximum absolute atomic E-state index is 5.63. The molecule has 106 valence electrons. The summed E-state index contributed by atoms with van der Waals surface area (Å²) in [5, 5.41) is 0. The standard InChI is InChI=1S/C16H25BrN2/c1-16(2)7-3-10-19(11-8-16)14-5-4-13(6-9-18)15(17)12-14/h4-5,12H,3,6-11,18H2,1-2H3. The second-order valence-electron chi connectivity index (χ2n) is 6.32. The van der Waals surface area contributed by atoms with E-state index in [1.54, 1.807) is 0 Å². The molecular weight excluding hydrogens is 300 g/mol. The lowest BCUT2D eigenvalue weighted by molar-refractivity contribution is 0.325. The molecule has 19 heavy (non-hydrogen) atoms. The van der Waals surface area contributed by atoms with Crippen LogP contribution in [0.3, 0.4) is 0 Å². The third-order valence-electron chi connectivity index (χ3n) is 4.16. The van der Waals surface area contributed by atoms with E-state index in [9.17, 15) is 0 Å². The van der Waals surface area contributed by atoms with E-state index >= 15 is 0 Å².